The molecule has 33 heavy (non-hydrogen) atoms. The maximum atomic E-state index is 13.3. The number of benzene rings is 3. The van der Waals surface area contributed by atoms with E-state index < -0.39 is 4.92 Å². The zero-order chi connectivity index (χ0) is 23.5. The van der Waals surface area contributed by atoms with Crippen molar-refractivity contribution in [3.05, 3.63) is 98.3 Å². The van der Waals surface area contributed by atoms with Crippen LogP contribution in [0.25, 0.3) is 16.6 Å². The van der Waals surface area contributed by atoms with E-state index in [-0.39, 0.29) is 22.9 Å². The summed E-state index contributed by atoms with van der Waals surface area (Å²) in [6.07, 6.45) is 0. The van der Waals surface area contributed by atoms with Crippen molar-refractivity contribution in [1.29, 1.82) is 0 Å². The maximum Gasteiger partial charge on any atom is 0.274 e. The van der Waals surface area contributed by atoms with E-state index >= 15 is 0 Å². The van der Waals surface area contributed by atoms with Crippen molar-refractivity contribution in [3.63, 3.8) is 0 Å². The molecule has 0 radical (unpaired) electrons. The summed E-state index contributed by atoms with van der Waals surface area (Å²) in [7, 11) is 0. The Hall–Kier alpha value is -3.98. The average Bonchev–Trinajstić information content (AvgIpc) is 2.80. The van der Waals surface area contributed by atoms with Crippen LogP contribution in [0, 0.1) is 24.0 Å². The number of nitrogens with one attached hydrogen (secondary N) is 1. The van der Waals surface area contributed by atoms with Gasteiger partial charge in [-0.25, -0.2) is 4.98 Å². The highest BCUT2D eigenvalue weighted by molar-refractivity contribution is 7.99. The minimum atomic E-state index is -0.486. The standard InChI is InChI=1S/C24H20N4O4S/c1-15-7-3-6-10-20(15)27-23(30)18-8-4-5-9-19(18)26-24(27)33-14-22(29)25-17-12-11-16(2)21(13-17)28(31)32/h3-13H,14H2,1-2H3,(H,25,29). The summed E-state index contributed by atoms with van der Waals surface area (Å²) in [5.74, 6) is -0.393. The van der Waals surface area contributed by atoms with E-state index in [0.717, 1.165) is 17.3 Å². The number of thioether (sulfide) groups is 1. The molecule has 0 unspecified atom stereocenters. The van der Waals surface area contributed by atoms with Gasteiger partial charge < -0.3 is 5.32 Å². The molecule has 4 aromatic rings. The van der Waals surface area contributed by atoms with Gasteiger partial charge in [0.2, 0.25) is 5.91 Å². The van der Waals surface area contributed by atoms with Crippen LogP contribution in [0.2, 0.25) is 0 Å². The summed E-state index contributed by atoms with van der Waals surface area (Å²) < 4.78 is 1.52. The zero-order valence-corrected chi connectivity index (χ0v) is 18.8. The smallest absolute Gasteiger partial charge is 0.274 e. The number of nitro benzene ring substituents is 1. The third-order valence-corrected chi connectivity index (χ3v) is 6.06. The van der Waals surface area contributed by atoms with Gasteiger partial charge in [0, 0.05) is 17.3 Å². The Kier molecular flexibility index (Phi) is 6.23. The van der Waals surface area contributed by atoms with Crippen molar-refractivity contribution in [2.24, 2.45) is 0 Å². The molecule has 1 N–H and O–H groups in total. The van der Waals surface area contributed by atoms with Gasteiger partial charge in [-0.05, 0) is 43.7 Å². The molecule has 166 valence electrons. The quantitative estimate of drug-likeness (QED) is 0.194. The van der Waals surface area contributed by atoms with Gasteiger partial charge in [0.05, 0.1) is 27.3 Å². The number of nitrogens with zero attached hydrogens (tertiary/aromatic N) is 3. The molecule has 0 spiro atoms. The topological polar surface area (TPSA) is 107 Å². The van der Waals surface area contributed by atoms with Crippen LogP contribution in [-0.2, 0) is 4.79 Å². The monoisotopic (exact) mass is 460 g/mol. The lowest BCUT2D eigenvalue weighted by molar-refractivity contribution is -0.385. The van der Waals surface area contributed by atoms with Crippen LogP contribution in [0.4, 0.5) is 11.4 Å². The van der Waals surface area contributed by atoms with Crippen molar-refractivity contribution >= 4 is 39.9 Å². The molecule has 1 aromatic heterocycles. The van der Waals surface area contributed by atoms with Crippen molar-refractivity contribution in [1.82, 2.24) is 9.55 Å². The SMILES string of the molecule is Cc1ccccc1-n1c(SCC(=O)Nc2ccc(C)c([N+](=O)[O-])c2)nc2ccccc2c1=O. The van der Waals surface area contributed by atoms with Crippen LogP contribution < -0.4 is 10.9 Å². The molecular formula is C24H20N4O4S. The molecule has 0 bridgehead atoms. The Bertz CT molecular complexity index is 1450. The van der Waals surface area contributed by atoms with Gasteiger partial charge in [0.1, 0.15) is 0 Å². The van der Waals surface area contributed by atoms with Gasteiger partial charge in [-0.1, -0.05) is 48.2 Å². The summed E-state index contributed by atoms with van der Waals surface area (Å²) in [6, 6.07) is 19.1. The molecule has 0 aliphatic rings. The van der Waals surface area contributed by atoms with Crippen LogP contribution in [0.15, 0.2) is 76.7 Å². The number of fused-ring (bicyclic) bond motifs is 1. The molecule has 4 rings (SSSR count). The minimum Gasteiger partial charge on any atom is -0.325 e. The number of nitro groups is 1. The fraction of sp³-hybridized carbons (Fsp3) is 0.125. The van der Waals surface area contributed by atoms with E-state index in [0.29, 0.717) is 33.0 Å². The van der Waals surface area contributed by atoms with Crippen LogP contribution in [0.5, 0.6) is 0 Å². The van der Waals surface area contributed by atoms with Gasteiger partial charge >= 0.3 is 0 Å². The van der Waals surface area contributed by atoms with Crippen LogP contribution in [-0.4, -0.2) is 26.1 Å². The summed E-state index contributed by atoms with van der Waals surface area (Å²) in [4.78, 5) is 41.2. The molecule has 0 aliphatic heterocycles. The molecule has 0 atom stereocenters. The number of carbonyl (C=O) groups is 1. The van der Waals surface area contributed by atoms with E-state index in [1.807, 2.05) is 31.2 Å². The first-order valence-corrected chi connectivity index (χ1v) is 11.1. The highest BCUT2D eigenvalue weighted by atomic mass is 32.2. The van der Waals surface area contributed by atoms with Crippen molar-refractivity contribution < 1.29 is 9.72 Å². The lowest BCUT2D eigenvalue weighted by Gasteiger charge is -2.15. The lowest BCUT2D eigenvalue weighted by atomic mass is 10.2. The van der Waals surface area contributed by atoms with E-state index in [2.05, 4.69) is 10.3 Å². The summed E-state index contributed by atoms with van der Waals surface area (Å²) in [5.41, 5.74) is 2.70. The second kappa shape index (κ2) is 9.25. The van der Waals surface area contributed by atoms with Gasteiger partial charge in [-0.2, -0.15) is 0 Å². The Labute approximate surface area is 193 Å². The Morgan fingerprint density at radius 3 is 2.55 bits per heavy atom. The molecular weight excluding hydrogens is 440 g/mol. The van der Waals surface area contributed by atoms with Crippen molar-refractivity contribution in [2.45, 2.75) is 19.0 Å². The molecule has 3 aromatic carbocycles. The fourth-order valence-electron chi connectivity index (χ4n) is 3.45. The minimum absolute atomic E-state index is 0.0294. The number of para-hydroxylation sites is 2. The Morgan fingerprint density at radius 1 is 1.06 bits per heavy atom. The van der Waals surface area contributed by atoms with Gasteiger partial charge in [-0.15, -0.1) is 0 Å². The number of aromatic nitrogens is 2. The molecule has 9 heteroatoms. The van der Waals surface area contributed by atoms with Crippen LogP contribution >= 0.6 is 11.8 Å². The summed E-state index contributed by atoms with van der Waals surface area (Å²) in [5, 5.41) is 14.7. The number of rotatable bonds is 6. The molecule has 0 fully saturated rings. The molecule has 0 saturated carbocycles. The zero-order valence-electron chi connectivity index (χ0n) is 17.9. The predicted octanol–water partition coefficient (Wildman–Crippen LogP) is 4.64. The van der Waals surface area contributed by atoms with E-state index in [4.69, 9.17) is 0 Å². The number of amides is 1. The second-order valence-electron chi connectivity index (χ2n) is 7.43. The predicted molar refractivity (Wildman–Crippen MR) is 129 cm³/mol. The van der Waals surface area contributed by atoms with Gasteiger partial charge in [-0.3, -0.25) is 24.3 Å². The van der Waals surface area contributed by atoms with E-state index in [1.54, 1.807) is 43.3 Å². The summed E-state index contributed by atoms with van der Waals surface area (Å²) in [6.45, 7) is 3.54. The average molecular weight is 461 g/mol. The third kappa shape index (κ3) is 4.63. The highest BCUT2D eigenvalue weighted by Gasteiger charge is 2.17. The largest absolute Gasteiger partial charge is 0.325 e. The third-order valence-electron chi connectivity index (χ3n) is 5.12. The maximum absolute atomic E-state index is 13.3. The number of anilines is 1. The van der Waals surface area contributed by atoms with Crippen LogP contribution in [0.3, 0.4) is 0 Å². The number of aryl methyl sites for hydroxylation is 2. The Morgan fingerprint density at radius 2 is 1.79 bits per heavy atom. The summed E-state index contributed by atoms with van der Waals surface area (Å²) >= 11 is 1.13. The first-order chi connectivity index (χ1) is 15.8. The number of hydrogen-bond donors (Lipinski definition) is 1. The van der Waals surface area contributed by atoms with Gasteiger partial charge in [0.15, 0.2) is 5.16 Å². The first kappa shape index (κ1) is 22.2. The molecule has 0 saturated heterocycles. The second-order valence-corrected chi connectivity index (χ2v) is 8.38. The van der Waals surface area contributed by atoms with E-state index in [9.17, 15) is 19.7 Å². The van der Waals surface area contributed by atoms with Crippen LogP contribution in [0.1, 0.15) is 11.1 Å². The fourth-order valence-corrected chi connectivity index (χ4v) is 4.25. The molecule has 8 nitrogen and oxygen atoms in total. The molecule has 1 heterocycles. The molecule has 0 aliphatic carbocycles. The van der Waals surface area contributed by atoms with Crippen molar-refractivity contribution in [2.75, 3.05) is 11.1 Å². The van der Waals surface area contributed by atoms with Gasteiger partial charge in [0.25, 0.3) is 11.2 Å². The first-order valence-electron chi connectivity index (χ1n) is 10.1. The molecule has 1 amide bonds. The van der Waals surface area contributed by atoms with E-state index in [1.165, 1.54) is 10.6 Å². The number of carbonyl (C=O) groups excluding carboxylic acids is 1. The lowest BCUT2D eigenvalue weighted by Crippen LogP contribution is -2.23. The Balaban J connectivity index is 1.65. The van der Waals surface area contributed by atoms with Crippen molar-refractivity contribution in [3.8, 4) is 5.69 Å². The highest BCUT2D eigenvalue weighted by Crippen LogP contribution is 2.25. The number of hydrogen-bond acceptors (Lipinski definition) is 6. The normalized spacial score (nSPS) is 10.8.